The lowest BCUT2D eigenvalue weighted by molar-refractivity contribution is 0.636. The van der Waals surface area contributed by atoms with Gasteiger partial charge in [-0.2, -0.15) is 0 Å². The molecule has 0 spiro atoms. The van der Waals surface area contributed by atoms with Crippen molar-refractivity contribution in [2.24, 2.45) is 0 Å². The van der Waals surface area contributed by atoms with Crippen LogP contribution in [0.15, 0.2) is 48.5 Å². The molecule has 2 aromatic carbocycles. The van der Waals surface area contributed by atoms with E-state index in [4.69, 9.17) is 11.6 Å². The molecule has 92 valence electrons. The fourth-order valence-electron chi connectivity index (χ4n) is 2.50. The Morgan fingerprint density at radius 1 is 1.06 bits per heavy atom. The van der Waals surface area contributed by atoms with E-state index in [1.807, 2.05) is 0 Å². The molecule has 0 fully saturated rings. The van der Waals surface area contributed by atoms with Crippen LogP contribution in [0.25, 0.3) is 0 Å². The maximum absolute atomic E-state index is 5.77. The van der Waals surface area contributed by atoms with Crippen LogP contribution in [0.4, 0.5) is 5.69 Å². The first-order valence-electron chi connectivity index (χ1n) is 6.33. The van der Waals surface area contributed by atoms with E-state index in [2.05, 4.69) is 53.8 Å². The molecule has 0 saturated heterocycles. The third-order valence-electron chi connectivity index (χ3n) is 3.62. The molecule has 0 aromatic heterocycles. The summed E-state index contributed by atoms with van der Waals surface area (Å²) in [6.07, 6.45) is 1.20. The molecule has 1 atom stereocenters. The van der Waals surface area contributed by atoms with Gasteiger partial charge in [0.15, 0.2) is 0 Å². The van der Waals surface area contributed by atoms with Crippen molar-refractivity contribution in [2.75, 3.05) is 11.9 Å². The van der Waals surface area contributed by atoms with Crippen molar-refractivity contribution in [2.45, 2.75) is 18.2 Å². The van der Waals surface area contributed by atoms with E-state index in [-0.39, 0.29) is 0 Å². The maximum Gasteiger partial charge on any atom is 0.0474 e. The Morgan fingerprint density at radius 3 is 2.56 bits per heavy atom. The number of fused-ring (bicyclic) bond motifs is 1. The van der Waals surface area contributed by atoms with Gasteiger partial charge in [0.1, 0.15) is 0 Å². The summed E-state index contributed by atoms with van der Waals surface area (Å²) in [4.78, 5) is 0. The molecule has 0 aliphatic heterocycles. The normalized spacial score (nSPS) is 16.8. The van der Waals surface area contributed by atoms with Crippen LogP contribution >= 0.6 is 11.6 Å². The summed E-state index contributed by atoms with van der Waals surface area (Å²) in [6, 6.07) is 17.1. The second-order valence-electron chi connectivity index (χ2n) is 4.81. The molecule has 2 aromatic rings. The fourth-order valence-corrected chi connectivity index (χ4v) is 2.68. The predicted octanol–water partition coefficient (Wildman–Crippen LogP) is 4.18. The van der Waals surface area contributed by atoms with E-state index in [1.54, 1.807) is 0 Å². The van der Waals surface area contributed by atoms with Gasteiger partial charge < -0.3 is 5.32 Å². The first kappa shape index (κ1) is 11.6. The Balaban J connectivity index is 1.59. The number of hydrogen-bond donors (Lipinski definition) is 1. The van der Waals surface area contributed by atoms with Crippen LogP contribution < -0.4 is 5.32 Å². The van der Waals surface area contributed by atoms with E-state index in [0.717, 1.165) is 12.1 Å². The number of nitrogens with one attached hydrogen (secondary N) is 1. The highest BCUT2D eigenvalue weighted by molar-refractivity contribution is 6.17. The van der Waals surface area contributed by atoms with Crippen LogP contribution in [-0.4, -0.2) is 6.54 Å². The maximum atomic E-state index is 5.77. The summed E-state index contributed by atoms with van der Waals surface area (Å²) in [7, 11) is 0. The monoisotopic (exact) mass is 257 g/mol. The molecular weight excluding hydrogens is 242 g/mol. The van der Waals surface area contributed by atoms with Gasteiger partial charge in [0, 0.05) is 24.0 Å². The van der Waals surface area contributed by atoms with E-state index in [1.165, 1.54) is 23.2 Å². The van der Waals surface area contributed by atoms with Gasteiger partial charge >= 0.3 is 0 Å². The molecule has 0 heterocycles. The fraction of sp³-hybridized carbons (Fsp3) is 0.250. The van der Waals surface area contributed by atoms with Crippen molar-refractivity contribution in [3.05, 3.63) is 65.2 Å². The van der Waals surface area contributed by atoms with Crippen LogP contribution in [0, 0.1) is 0 Å². The predicted molar refractivity (Wildman–Crippen MR) is 77.4 cm³/mol. The van der Waals surface area contributed by atoms with Crippen LogP contribution in [0.1, 0.15) is 22.6 Å². The molecule has 1 nitrogen and oxygen atoms in total. The lowest BCUT2D eigenvalue weighted by Gasteiger charge is -2.30. The van der Waals surface area contributed by atoms with Crippen molar-refractivity contribution < 1.29 is 0 Å². The summed E-state index contributed by atoms with van der Waals surface area (Å²) >= 11 is 5.77. The Kier molecular flexibility index (Phi) is 3.24. The minimum absolute atomic E-state index is 0.580. The molecule has 1 N–H and O–H groups in total. The first-order valence-corrected chi connectivity index (χ1v) is 6.87. The average molecular weight is 258 g/mol. The Morgan fingerprint density at radius 2 is 1.83 bits per heavy atom. The summed E-state index contributed by atoms with van der Waals surface area (Å²) in [5, 5.41) is 3.50. The summed E-state index contributed by atoms with van der Waals surface area (Å²) in [5.41, 5.74) is 5.34. The lowest BCUT2D eigenvalue weighted by Crippen LogP contribution is -2.24. The van der Waals surface area contributed by atoms with Gasteiger partial charge in [0.05, 0.1) is 0 Å². The van der Waals surface area contributed by atoms with Gasteiger partial charge in [-0.25, -0.2) is 0 Å². The highest BCUT2D eigenvalue weighted by Crippen LogP contribution is 2.34. The molecule has 2 heteroatoms. The zero-order valence-corrected chi connectivity index (χ0v) is 11.0. The van der Waals surface area contributed by atoms with Gasteiger partial charge in [0.2, 0.25) is 0 Å². The number of rotatable bonds is 4. The highest BCUT2D eigenvalue weighted by Gasteiger charge is 2.24. The van der Waals surface area contributed by atoms with Gasteiger partial charge in [-0.3, -0.25) is 0 Å². The molecule has 1 unspecified atom stereocenters. The standard InChI is InChI=1S/C16H16ClN/c17-10-12-5-7-15(8-6-12)18-11-14-9-13-3-1-2-4-16(13)14/h1-8,14,18H,9-11H2. The van der Waals surface area contributed by atoms with E-state index in [9.17, 15) is 0 Å². The molecule has 3 rings (SSSR count). The molecule has 0 bridgehead atoms. The topological polar surface area (TPSA) is 12.0 Å². The molecule has 18 heavy (non-hydrogen) atoms. The third-order valence-corrected chi connectivity index (χ3v) is 3.93. The molecule has 1 aliphatic carbocycles. The second kappa shape index (κ2) is 5.03. The van der Waals surface area contributed by atoms with Gasteiger partial charge in [-0.15, -0.1) is 11.6 Å². The van der Waals surface area contributed by atoms with Gasteiger partial charge in [0.25, 0.3) is 0 Å². The summed E-state index contributed by atoms with van der Waals surface area (Å²) in [6.45, 7) is 1.01. The van der Waals surface area contributed by atoms with Crippen molar-refractivity contribution >= 4 is 17.3 Å². The van der Waals surface area contributed by atoms with Crippen LogP contribution in [0.5, 0.6) is 0 Å². The minimum atomic E-state index is 0.580. The van der Waals surface area contributed by atoms with Crippen LogP contribution in [-0.2, 0) is 12.3 Å². The quantitative estimate of drug-likeness (QED) is 0.811. The zero-order valence-electron chi connectivity index (χ0n) is 10.2. The number of benzene rings is 2. The molecule has 0 saturated carbocycles. The summed E-state index contributed by atoms with van der Waals surface area (Å²) < 4.78 is 0. The summed E-state index contributed by atoms with van der Waals surface area (Å²) in [5.74, 6) is 1.24. The lowest BCUT2D eigenvalue weighted by atomic mass is 9.77. The minimum Gasteiger partial charge on any atom is -0.384 e. The number of halogens is 1. The van der Waals surface area contributed by atoms with Crippen LogP contribution in [0.3, 0.4) is 0 Å². The van der Waals surface area contributed by atoms with Gasteiger partial charge in [-0.05, 0) is 35.2 Å². The second-order valence-corrected chi connectivity index (χ2v) is 5.08. The average Bonchev–Trinajstić information content (AvgIpc) is 2.40. The van der Waals surface area contributed by atoms with Crippen molar-refractivity contribution in [1.29, 1.82) is 0 Å². The van der Waals surface area contributed by atoms with Crippen LogP contribution in [0.2, 0.25) is 0 Å². The molecule has 0 amide bonds. The Hall–Kier alpha value is -1.47. The first-order chi connectivity index (χ1) is 8.86. The highest BCUT2D eigenvalue weighted by atomic mass is 35.5. The largest absolute Gasteiger partial charge is 0.384 e. The Bertz CT molecular complexity index is 533. The molecule has 1 aliphatic rings. The van der Waals surface area contributed by atoms with Gasteiger partial charge in [-0.1, -0.05) is 36.4 Å². The SMILES string of the molecule is ClCc1ccc(NCC2Cc3ccccc32)cc1. The van der Waals surface area contributed by atoms with E-state index < -0.39 is 0 Å². The number of hydrogen-bond acceptors (Lipinski definition) is 1. The van der Waals surface area contributed by atoms with E-state index in [0.29, 0.717) is 11.8 Å². The Labute approximate surface area is 113 Å². The number of anilines is 1. The van der Waals surface area contributed by atoms with Crippen molar-refractivity contribution in [1.82, 2.24) is 0 Å². The van der Waals surface area contributed by atoms with E-state index >= 15 is 0 Å². The molecular formula is C16H16ClN. The molecule has 0 radical (unpaired) electrons. The number of alkyl halides is 1. The van der Waals surface area contributed by atoms with Crippen molar-refractivity contribution in [3.8, 4) is 0 Å². The zero-order chi connectivity index (χ0) is 12.4. The smallest absolute Gasteiger partial charge is 0.0474 e. The van der Waals surface area contributed by atoms with Crippen molar-refractivity contribution in [3.63, 3.8) is 0 Å². The third kappa shape index (κ3) is 2.23.